The van der Waals surface area contributed by atoms with Gasteiger partial charge in [0.05, 0.1) is 36.4 Å². The molecule has 1 heterocycles. The third-order valence-electron chi connectivity index (χ3n) is 4.43. The molecule has 3 rings (SSSR count). The van der Waals surface area contributed by atoms with Gasteiger partial charge in [-0.2, -0.15) is 0 Å². The number of carbonyl (C=O) groups excluding carboxylic acids is 1. The van der Waals surface area contributed by atoms with Gasteiger partial charge in [-0.15, -0.1) is 0 Å². The van der Waals surface area contributed by atoms with Crippen molar-refractivity contribution in [3.05, 3.63) is 62.9 Å². The predicted molar refractivity (Wildman–Crippen MR) is 118 cm³/mol. The van der Waals surface area contributed by atoms with Gasteiger partial charge in [0, 0.05) is 17.1 Å². The smallest absolute Gasteiger partial charge is 0.262 e. The van der Waals surface area contributed by atoms with Gasteiger partial charge in [-0.05, 0) is 49.4 Å². The molecule has 2 aromatic carbocycles. The number of carbonyl (C=O) groups is 1. The molecule has 152 valence electrons. The van der Waals surface area contributed by atoms with Crippen LogP contribution in [0.2, 0.25) is 0 Å². The van der Waals surface area contributed by atoms with E-state index in [1.165, 1.54) is 11.8 Å². The average Bonchev–Trinajstić information content (AvgIpc) is 2.73. The Bertz CT molecular complexity index is 1080. The fourth-order valence-electron chi connectivity index (χ4n) is 2.84. The first-order valence-corrected chi connectivity index (χ1v) is 10.7. The first kappa shape index (κ1) is 21.5. The zero-order chi connectivity index (χ0) is 21.0. The molecular weight excluding hydrogens is 456 g/mol. The minimum atomic E-state index is -0.419. The van der Waals surface area contributed by atoms with Crippen LogP contribution in [0.25, 0.3) is 10.9 Å². The molecule has 1 atom stereocenters. The second-order valence-corrected chi connectivity index (χ2v) is 8.58. The van der Waals surface area contributed by atoms with Crippen LogP contribution in [0.15, 0.2) is 56.9 Å². The molecule has 3 aromatic rings. The van der Waals surface area contributed by atoms with Crippen LogP contribution in [0.3, 0.4) is 0 Å². The third-order valence-corrected chi connectivity index (χ3v) is 6.01. The van der Waals surface area contributed by atoms with Gasteiger partial charge in [-0.1, -0.05) is 27.7 Å². The molecule has 0 aliphatic carbocycles. The lowest BCUT2D eigenvalue weighted by molar-refractivity contribution is 0.0993. The topological polar surface area (TPSA) is 70.4 Å². The Morgan fingerprint density at radius 3 is 2.59 bits per heavy atom. The summed E-state index contributed by atoms with van der Waals surface area (Å²) >= 11 is 4.67. The fourth-order valence-corrected chi connectivity index (χ4v) is 4.22. The van der Waals surface area contributed by atoms with E-state index in [2.05, 4.69) is 20.9 Å². The first-order chi connectivity index (χ1) is 13.9. The van der Waals surface area contributed by atoms with Gasteiger partial charge in [0.15, 0.2) is 10.9 Å². The maximum absolute atomic E-state index is 13.0. The van der Waals surface area contributed by atoms with Crippen molar-refractivity contribution in [2.75, 3.05) is 20.8 Å². The molecule has 0 saturated carbocycles. The number of ketones is 1. The summed E-state index contributed by atoms with van der Waals surface area (Å²) in [4.78, 5) is 30.5. The number of thioether (sulfide) groups is 1. The van der Waals surface area contributed by atoms with Gasteiger partial charge in [-0.25, -0.2) is 4.98 Å². The van der Waals surface area contributed by atoms with Crippen LogP contribution in [-0.4, -0.2) is 41.4 Å². The number of nitrogens with zero attached hydrogens (tertiary/aromatic N) is 2. The Balaban J connectivity index is 1.95. The van der Waals surface area contributed by atoms with E-state index in [9.17, 15) is 9.59 Å². The molecule has 0 N–H and O–H groups in total. The summed E-state index contributed by atoms with van der Waals surface area (Å²) in [6, 6.07) is 12.4. The van der Waals surface area contributed by atoms with Crippen molar-refractivity contribution in [3.63, 3.8) is 0 Å². The Morgan fingerprint density at radius 1 is 1.21 bits per heavy atom. The van der Waals surface area contributed by atoms with Crippen molar-refractivity contribution in [2.45, 2.75) is 23.9 Å². The quantitative estimate of drug-likeness (QED) is 0.276. The molecule has 0 fully saturated rings. The normalized spacial score (nSPS) is 12.1. The maximum Gasteiger partial charge on any atom is 0.262 e. The van der Waals surface area contributed by atoms with Crippen LogP contribution < -0.4 is 10.3 Å². The molecule has 0 bridgehead atoms. The number of ether oxygens (including phenoxy) is 2. The minimum absolute atomic E-state index is 0.0407. The average molecular weight is 477 g/mol. The Kier molecular flexibility index (Phi) is 7.10. The zero-order valence-electron chi connectivity index (χ0n) is 16.3. The van der Waals surface area contributed by atoms with Crippen LogP contribution in [0.1, 0.15) is 17.3 Å². The van der Waals surface area contributed by atoms with E-state index in [1.54, 1.807) is 55.2 Å². The number of aromatic nitrogens is 2. The van der Waals surface area contributed by atoms with Gasteiger partial charge < -0.3 is 9.47 Å². The molecule has 6 nitrogen and oxygen atoms in total. The van der Waals surface area contributed by atoms with E-state index in [4.69, 9.17) is 9.47 Å². The predicted octanol–water partition coefficient (Wildman–Crippen LogP) is 4.18. The number of methoxy groups -OCH3 is 2. The molecule has 29 heavy (non-hydrogen) atoms. The molecule has 8 heteroatoms. The number of hydrogen-bond donors (Lipinski definition) is 0. The summed E-state index contributed by atoms with van der Waals surface area (Å²) in [6.45, 7) is 2.54. The zero-order valence-corrected chi connectivity index (χ0v) is 18.7. The van der Waals surface area contributed by atoms with Crippen LogP contribution in [0.5, 0.6) is 5.75 Å². The SMILES string of the molecule is COCCn1c(SC(C)C(=O)c2ccc(OC)cc2)nc2ccc(Br)cc2c1=O. The summed E-state index contributed by atoms with van der Waals surface area (Å²) in [7, 11) is 3.16. The van der Waals surface area contributed by atoms with E-state index < -0.39 is 5.25 Å². The van der Waals surface area contributed by atoms with Gasteiger partial charge in [0.2, 0.25) is 0 Å². The van der Waals surface area contributed by atoms with E-state index >= 15 is 0 Å². The number of fused-ring (bicyclic) bond motifs is 1. The molecule has 0 amide bonds. The lowest BCUT2D eigenvalue weighted by atomic mass is 10.1. The van der Waals surface area contributed by atoms with Gasteiger partial charge in [0.1, 0.15) is 5.75 Å². The number of hydrogen-bond acceptors (Lipinski definition) is 6. The fraction of sp³-hybridized carbons (Fsp3) is 0.286. The van der Waals surface area contributed by atoms with Gasteiger partial charge >= 0.3 is 0 Å². The number of Topliss-reactive ketones (excluding diaryl/α,β-unsaturated/α-hetero) is 1. The molecule has 0 spiro atoms. The lowest BCUT2D eigenvalue weighted by Gasteiger charge is -2.16. The summed E-state index contributed by atoms with van der Waals surface area (Å²) in [6.07, 6.45) is 0. The highest BCUT2D eigenvalue weighted by Crippen LogP contribution is 2.26. The van der Waals surface area contributed by atoms with E-state index in [0.717, 1.165) is 4.47 Å². The van der Waals surface area contributed by atoms with Crippen molar-refractivity contribution in [2.24, 2.45) is 0 Å². The highest BCUT2D eigenvalue weighted by Gasteiger charge is 2.21. The molecular formula is C21H21BrN2O4S. The second-order valence-electron chi connectivity index (χ2n) is 6.36. The Hall–Kier alpha value is -2.16. The highest BCUT2D eigenvalue weighted by atomic mass is 79.9. The van der Waals surface area contributed by atoms with Crippen molar-refractivity contribution >= 4 is 44.4 Å². The standard InChI is InChI=1S/C21H21BrN2O4S/c1-13(19(25)14-4-7-16(28-3)8-5-14)29-21-23-18-9-6-15(22)12-17(18)20(26)24(21)10-11-27-2/h4-9,12-13H,10-11H2,1-3H3. The van der Waals surface area contributed by atoms with Crippen molar-refractivity contribution < 1.29 is 14.3 Å². The Morgan fingerprint density at radius 2 is 1.93 bits per heavy atom. The lowest BCUT2D eigenvalue weighted by Crippen LogP contribution is -2.26. The molecule has 0 aliphatic heterocycles. The summed E-state index contributed by atoms with van der Waals surface area (Å²) in [5, 5.41) is 0.599. The van der Waals surface area contributed by atoms with Crippen LogP contribution >= 0.6 is 27.7 Å². The molecule has 0 radical (unpaired) electrons. The van der Waals surface area contributed by atoms with Crippen molar-refractivity contribution in [1.29, 1.82) is 0 Å². The largest absolute Gasteiger partial charge is 0.497 e. The number of halogens is 1. The van der Waals surface area contributed by atoms with Crippen LogP contribution in [0, 0.1) is 0 Å². The van der Waals surface area contributed by atoms with E-state index in [1.807, 2.05) is 13.0 Å². The first-order valence-electron chi connectivity index (χ1n) is 8.98. The van der Waals surface area contributed by atoms with Crippen LogP contribution in [-0.2, 0) is 11.3 Å². The highest BCUT2D eigenvalue weighted by molar-refractivity contribution is 9.10. The summed E-state index contributed by atoms with van der Waals surface area (Å²) in [5.74, 6) is 0.652. The second kappa shape index (κ2) is 9.56. The molecule has 1 aromatic heterocycles. The van der Waals surface area contributed by atoms with Gasteiger partial charge in [0.25, 0.3) is 5.56 Å². The van der Waals surface area contributed by atoms with E-state index in [-0.39, 0.29) is 11.3 Å². The summed E-state index contributed by atoms with van der Waals surface area (Å²) < 4.78 is 12.7. The summed E-state index contributed by atoms with van der Waals surface area (Å²) in [5.41, 5.74) is 1.03. The van der Waals surface area contributed by atoms with Crippen molar-refractivity contribution in [3.8, 4) is 5.75 Å². The van der Waals surface area contributed by atoms with E-state index in [0.29, 0.717) is 40.5 Å². The number of benzene rings is 2. The van der Waals surface area contributed by atoms with Crippen LogP contribution in [0.4, 0.5) is 0 Å². The molecule has 1 unspecified atom stereocenters. The minimum Gasteiger partial charge on any atom is -0.497 e. The number of rotatable bonds is 8. The molecule has 0 aliphatic rings. The Labute approximate surface area is 181 Å². The maximum atomic E-state index is 13.0. The molecule has 0 saturated heterocycles. The van der Waals surface area contributed by atoms with Crippen molar-refractivity contribution in [1.82, 2.24) is 9.55 Å². The third kappa shape index (κ3) is 4.88. The monoisotopic (exact) mass is 476 g/mol. The van der Waals surface area contributed by atoms with Gasteiger partial charge in [-0.3, -0.25) is 14.2 Å².